The van der Waals surface area contributed by atoms with E-state index < -0.39 is 16.4 Å². The van der Waals surface area contributed by atoms with Gasteiger partial charge in [-0.05, 0) is 38.7 Å². The highest BCUT2D eigenvalue weighted by molar-refractivity contribution is 7.86. The fourth-order valence-electron chi connectivity index (χ4n) is 3.64. The van der Waals surface area contributed by atoms with Crippen molar-refractivity contribution in [1.29, 1.82) is 5.26 Å². The smallest absolute Gasteiger partial charge is 0.0995 e. The first kappa shape index (κ1) is 13.8. The Labute approximate surface area is 122 Å². The Balaban J connectivity index is 2.03. The predicted molar refractivity (Wildman–Crippen MR) is 78.6 cm³/mol. The highest BCUT2D eigenvalue weighted by Crippen LogP contribution is 2.45. The highest BCUT2D eigenvalue weighted by Gasteiger charge is 2.47. The average Bonchev–Trinajstić information content (AvgIpc) is 2.41. The lowest BCUT2D eigenvalue weighted by atomic mass is 9.78. The summed E-state index contributed by atoms with van der Waals surface area (Å²) in [6, 6.07) is 7.78. The summed E-state index contributed by atoms with van der Waals surface area (Å²) in [6.07, 6.45) is 4.01. The van der Waals surface area contributed by atoms with Gasteiger partial charge in [-0.3, -0.25) is 4.21 Å². The summed E-state index contributed by atoms with van der Waals surface area (Å²) in [5, 5.41) is 20.6. The van der Waals surface area contributed by atoms with Gasteiger partial charge in [0.1, 0.15) is 0 Å². The van der Waals surface area contributed by atoms with Crippen molar-refractivity contribution in [2.75, 3.05) is 0 Å². The van der Waals surface area contributed by atoms with E-state index in [4.69, 9.17) is 0 Å². The normalized spacial score (nSPS) is 36.4. The second-order valence-corrected chi connectivity index (χ2v) is 8.09. The summed E-state index contributed by atoms with van der Waals surface area (Å²) in [5.41, 5.74) is 1.34. The van der Waals surface area contributed by atoms with Crippen LogP contribution in [-0.2, 0) is 16.4 Å². The summed E-state index contributed by atoms with van der Waals surface area (Å²) in [4.78, 5) is 0. The van der Waals surface area contributed by atoms with Crippen LogP contribution in [-0.4, -0.2) is 19.8 Å². The van der Waals surface area contributed by atoms with Gasteiger partial charge in [0.15, 0.2) is 0 Å². The summed E-state index contributed by atoms with van der Waals surface area (Å²) < 4.78 is 12.3. The lowest BCUT2D eigenvalue weighted by Gasteiger charge is -2.44. The molecule has 1 aromatic carbocycles. The Bertz CT molecular complexity index is 589. The maximum Gasteiger partial charge on any atom is 0.0995 e. The molecule has 0 spiro atoms. The van der Waals surface area contributed by atoms with Crippen molar-refractivity contribution in [3.63, 3.8) is 0 Å². The molecule has 3 nitrogen and oxygen atoms in total. The molecule has 2 aliphatic heterocycles. The van der Waals surface area contributed by atoms with Crippen LogP contribution >= 0.6 is 0 Å². The van der Waals surface area contributed by atoms with Crippen LogP contribution in [0, 0.1) is 18.3 Å². The van der Waals surface area contributed by atoms with Gasteiger partial charge in [0.25, 0.3) is 0 Å². The van der Waals surface area contributed by atoms with Gasteiger partial charge >= 0.3 is 0 Å². The average molecular weight is 289 g/mol. The minimum atomic E-state index is -0.985. The third-order valence-electron chi connectivity index (χ3n) is 4.64. The van der Waals surface area contributed by atoms with Crippen molar-refractivity contribution >= 4 is 10.8 Å². The van der Waals surface area contributed by atoms with Gasteiger partial charge in [0.2, 0.25) is 0 Å². The zero-order valence-electron chi connectivity index (χ0n) is 11.6. The topological polar surface area (TPSA) is 61.1 Å². The molecular weight excluding hydrogens is 270 g/mol. The van der Waals surface area contributed by atoms with Crippen LogP contribution in [0.25, 0.3) is 0 Å². The molecule has 1 N–H and O–H groups in total. The molecule has 0 amide bonds. The van der Waals surface area contributed by atoms with Crippen LogP contribution in [0.5, 0.6) is 0 Å². The fraction of sp³-hybridized carbons (Fsp3) is 0.562. The van der Waals surface area contributed by atoms with Crippen LogP contribution in [0.1, 0.15) is 48.8 Å². The van der Waals surface area contributed by atoms with Crippen LogP contribution < -0.4 is 0 Å². The van der Waals surface area contributed by atoms with Crippen molar-refractivity contribution in [2.45, 2.75) is 55.1 Å². The van der Waals surface area contributed by atoms with Crippen molar-refractivity contribution in [2.24, 2.45) is 0 Å². The second-order valence-electron chi connectivity index (χ2n) is 6.10. The monoisotopic (exact) mass is 289 g/mol. The molecule has 0 aliphatic carbocycles. The minimum absolute atomic E-state index is 0.0829. The third kappa shape index (κ3) is 2.19. The minimum Gasteiger partial charge on any atom is -0.385 e. The quantitative estimate of drug-likeness (QED) is 0.864. The van der Waals surface area contributed by atoms with Gasteiger partial charge in [-0.2, -0.15) is 5.26 Å². The molecule has 0 saturated carbocycles. The maximum atomic E-state index is 12.3. The van der Waals surface area contributed by atoms with Crippen LogP contribution in [0.4, 0.5) is 0 Å². The number of hydrogen-bond acceptors (Lipinski definition) is 3. The molecule has 2 heterocycles. The number of fused-ring (bicyclic) bond motifs is 2. The molecule has 4 heteroatoms. The molecule has 2 saturated heterocycles. The van der Waals surface area contributed by atoms with E-state index >= 15 is 0 Å². The van der Waals surface area contributed by atoms with E-state index in [0.717, 1.165) is 30.4 Å². The molecule has 2 aliphatic rings. The zero-order chi connectivity index (χ0) is 14.3. The van der Waals surface area contributed by atoms with Crippen molar-refractivity contribution in [3.8, 4) is 6.07 Å². The van der Waals surface area contributed by atoms with Crippen LogP contribution in [0.3, 0.4) is 0 Å². The fourth-order valence-corrected chi connectivity index (χ4v) is 5.87. The molecular formula is C16H19NO2S. The van der Waals surface area contributed by atoms with Crippen molar-refractivity contribution in [1.82, 2.24) is 0 Å². The first-order chi connectivity index (χ1) is 9.53. The standard InChI is InChI=1S/C16H19NO2S/c1-11-5-6-12(10-17)15(7-11)16(18)8-13-3-2-4-14(9-16)20(13)19/h5-7,13-14,18H,2-4,8-9H2,1H3. The molecule has 0 aromatic heterocycles. The van der Waals surface area contributed by atoms with E-state index in [1.807, 2.05) is 19.1 Å². The largest absolute Gasteiger partial charge is 0.385 e. The molecule has 2 fully saturated rings. The van der Waals surface area contributed by atoms with E-state index in [1.165, 1.54) is 0 Å². The Kier molecular flexibility index (Phi) is 3.43. The lowest BCUT2D eigenvalue weighted by Crippen LogP contribution is -2.47. The van der Waals surface area contributed by atoms with E-state index in [0.29, 0.717) is 18.4 Å². The number of nitrogens with zero attached hydrogens (tertiary/aromatic N) is 1. The molecule has 106 valence electrons. The summed E-state index contributed by atoms with van der Waals surface area (Å²) in [7, 11) is -0.813. The van der Waals surface area contributed by atoms with E-state index in [9.17, 15) is 14.6 Å². The van der Waals surface area contributed by atoms with Gasteiger partial charge in [-0.15, -0.1) is 0 Å². The van der Waals surface area contributed by atoms with Gasteiger partial charge in [-0.1, -0.05) is 24.1 Å². The molecule has 0 radical (unpaired) electrons. The Morgan fingerprint density at radius 2 is 2.00 bits per heavy atom. The summed E-state index contributed by atoms with van der Waals surface area (Å²) >= 11 is 0. The summed E-state index contributed by atoms with van der Waals surface area (Å²) in [5.74, 6) is 0. The number of aliphatic hydroxyl groups is 1. The van der Waals surface area contributed by atoms with Crippen LogP contribution in [0.2, 0.25) is 0 Å². The number of nitriles is 1. The Hall–Kier alpha value is -1.18. The number of benzene rings is 1. The molecule has 20 heavy (non-hydrogen) atoms. The number of rotatable bonds is 1. The molecule has 2 atom stereocenters. The third-order valence-corrected chi connectivity index (χ3v) is 6.76. The van der Waals surface area contributed by atoms with E-state index in [-0.39, 0.29) is 10.5 Å². The first-order valence-corrected chi connectivity index (χ1v) is 8.44. The van der Waals surface area contributed by atoms with E-state index in [1.54, 1.807) is 6.07 Å². The van der Waals surface area contributed by atoms with Gasteiger partial charge in [0.05, 0.1) is 17.2 Å². The number of hydrogen-bond donors (Lipinski definition) is 1. The van der Waals surface area contributed by atoms with Gasteiger partial charge in [-0.25, -0.2) is 0 Å². The Morgan fingerprint density at radius 1 is 1.35 bits per heavy atom. The highest BCUT2D eigenvalue weighted by atomic mass is 32.2. The second kappa shape index (κ2) is 4.98. The maximum absolute atomic E-state index is 12.3. The number of aryl methyl sites for hydroxylation is 1. The SMILES string of the molecule is Cc1ccc(C#N)c(C2(O)CC3CCCC(C2)S3=O)c1. The molecule has 3 rings (SSSR count). The van der Waals surface area contributed by atoms with Crippen molar-refractivity contribution in [3.05, 3.63) is 34.9 Å². The van der Waals surface area contributed by atoms with Crippen LogP contribution in [0.15, 0.2) is 18.2 Å². The van der Waals surface area contributed by atoms with Gasteiger partial charge < -0.3 is 5.11 Å². The first-order valence-electron chi connectivity index (χ1n) is 7.16. The summed E-state index contributed by atoms with van der Waals surface area (Å²) in [6.45, 7) is 1.97. The molecule has 2 bridgehead atoms. The molecule has 1 aromatic rings. The zero-order valence-corrected chi connectivity index (χ0v) is 12.4. The lowest BCUT2D eigenvalue weighted by molar-refractivity contribution is 0.00625. The predicted octanol–water partition coefficient (Wildman–Crippen LogP) is 2.52. The van der Waals surface area contributed by atoms with Gasteiger partial charge in [0, 0.05) is 26.9 Å². The van der Waals surface area contributed by atoms with E-state index in [2.05, 4.69) is 6.07 Å². The Morgan fingerprint density at radius 3 is 2.60 bits per heavy atom. The van der Waals surface area contributed by atoms with Crippen molar-refractivity contribution < 1.29 is 9.32 Å². The molecule has 2 unspecified atom stereocenters.